The minimum Gasteiger partial charge on any atom is -0.342 e. The van der Waals surface area contributed by atoms with E-state index in [1.807, 2.05) is 18.2 Å². The second-order valence-corrected chi connectivity index (χ2v) is 13.2. The van der Waals surface area contributed by atoms with E-state index in [4.69, 9.17) is 0 Å². The molecule has 0 saturated carbocycles. The van der Waals surface area contributed by atoms with Gasteiger partial charge in [-0.05, 0) is 98.7 Å². The zero-order valence-electron chi connectivity index (χ0n) is 26.4. The van der Waals surface area contributed by atoms with E-state index in [0.717, 1.165) is 74.4 Å². The van der Waals surface area contributed by atoms with Gasteiger partial charge in [0.15, 0.2) is 0 Å². The number of rotatable bonds is 8. The lowest BCUT2D eigenvalue weighted by Gasteiger charge is -2.41. The zero-order chi connectivity index (χ0) is 31.7. The normalized spacial score (nSPS) is 21.9. The maximum absolute atomic E-state index is 13.6. The van der Waals surface area contributed by atoms with Crippen molar-refractivity contribution in [1.82, 2.24) is 20.0 Å². The van der Waals surface area contributed by atoms with Crippen molar-refractivity contribution in [1.29, 1.82) is 0 Å². The van der Waals surface area contributed by atoms with Crippen LogP contribution in [0, 0.1) is 17.8 Å². The third kappa shape index (κ3) is 6.19. The van der Waals surface area contributed by atoms with Crippen LogP contribution in [-0.4, -0.2) is 76.5 Å². The average molecular weight is 613 g/mol. The Morgan fingerprint density at radius 1 is 0.822 bits per heavy atom. The molecule has 2 aromatic rings. The summed E-state index contributed by atoms with van der Waals surface area (Å²) < 4.78 is 0. The molecule has 9 nitrogen and oxygen atoms in total. The summed E-state index contributed by atoms with van der Waals surface area (Å²) in [5, 5.41) is 2.26. The number of amides is 5. The van der Waals surface area contributed by atoms with Crippen LogP contribution in [0.3, 0.4) is 0 Å². The molecule has 3 saturated heterocycles. The summed E-state index contributed by atoms with van der Waals surface area (Å²) in [5.41, 5.74) is 3.30. The van der Waals surface area contributed by atoms with Crippen LogP contribution < -0.4 is 5.32 Å². The Hall–Kier alpha value is -3.85. The number of fused-ring (bicyclic) bond motifs is 1. The summed E-state index contributed by atoms with van der Waals surface area (Å²) in [7, 11) is 0. The van der Waals surface area contributed by atoms with Crippen molar-refractivity contribution in [2.45, 2.75) is 77.8 Å². The molecule has 0 bridgehead atoms. The molecule has 5 amide bonds. The first-order valence-electron chi connectivity index (χ1n) is 16.7. The molecule has 0 aromatic heterocycles. The van der Waals surface area contributed by atoms with E-state index in [-0.39, 0.29) is 24.7 Å². The van der Waals surface area contributed by atoms with E-state index in [1.165, 1.54) is 12.8 Å². The number of hydrogen-bond donors (Lipinski definition) is 1. The number of carbonyl (C=O) groups is 5. The molecule has 4 aliphatic heterocycles. The van der Waals surface area contributed by atoms with Gasteiger partial charge in [-0.3, -0.25) is 39.1 Å². The van der Waals surface area contributed by atoms with Gasteiger partial charge >= 0.3 is 0 Å². The predicted molar refractivity (Wildman–Crippen MR) is 170 cm³/mol. The third-order valence-electron chi connectivity index (χ3n) is 10.6. The fourth-order valence-electron chi connectivity index (χ4n) is 7.92. The van der Waals surface area contributed by atoms with E-state index in [9.17, 15) is 24.0 Å². The summed E-state index contributed by atoms with van der Waals surface area (Å²) in [4.78, 5) is 69.5. The van der Waals surface area contributed by atoms with Gasteiger partial charge in [0, 0.05) is 32.0 Å². The smallest absolute Gasteiger partial charge is 0.262 e. The minimum absolute atomic E-state index is 0.0920. The Kier molecular flexibility index (Phi) is 9.17. The highest BCUT2D eigenvalue weighted by Gasteiger charge is 2.45. The Morgan fingerprint density at radius 3 is 2.13 bits per heavy atom. The lowest BCUT2D eigenvalue weighted by atomic mass is 9.78. The van der Waals surface area contributed by atoms with Crippen LogP contribution in [0.1, 0.15) is 91.5 Å². The van der Waals surface area contributed by atoms with E-state index >= 15 is 0 Å². The van der Waals surface area contributed by atoms with Gasteiger partial charge in [-0.15, -0.1) is 0 Å². The van der Waals surface area contributed by atoms with Crippen LogP contribution in [-0.2, 0) is 20.9 Å². The first-order chi connectivity index (χ1) is 21.8. The second kappa shape index (κ2) is 13.3. The maximum Gasteiger partial charge on any atom is 0.262 e. The van der Waals surface area contributed by atoms with Crippen molar-refractivity contribution >= 4 is 29.5 Å². The maximum atomic E-state index is 13.6. The highest BCUT2D eigenvalue weighted by Crippen LogP contribution is 2.36. The van der Waals surface area contributed by atoms with Crippen LogP contribution >= 0.6 is 0 Å². The summed E-state index contributed by atoms with van der Waals surface area (Å²) in [6.07, 6.45) is 6.64. The van der Waals surface area contributed by atoms with Gasteiger partial charge < -0.3 is 4.90 Å². The molecule has 3 fully saturated rings. The number of hydrogen-bond acceptors (Lipinski definition) is 6. The van der Waals surface area contributed by atoms with Crippen molar-refractivity contribution in [2.24, 2.45) is 17.8 Å². The first kappa shape index (κ1) is 31.1. The van der Waals surface area contributed by atoms with E-state index < -0.39 is 23.8 Å². The van der Waals surface area contributed by atoms with Gasteiger partial charge in [-0.1, -0.05) is 44.2 Å². The number of imide groups is 2. The minimum atomic E-state index is -0.985. The van der Waals surface area contributed by atoms with Crippen LogP contribution in [0.5, 0.6) is 0 Å². The lowest BCUT2D eigenvalue weighted by molar-refractivity contribution is -0.138. The van der Waals surface area contributed by atoms with Gasteiger partial charge in [0.25, 0.3) is 11.8 Å². The molecule has 0 aliphatic carbocycles. The number of likely N-dealkylation sites (tertiary alicyclic amines) is 2. The topological polar surface area (TPSA) is 107 Å². The summed E-state index contributed by atoms with van der Waals surface area (Å²) in [6, 6.07) is 12.4. The quantitative estimate of drug-likeness (QED) is 0.436. The summed E-state index contributed by atoms with van der Waals surface area (Å²) in [5.74, 6) is -0.0550. The highest BCUT2D eigenvalue weighted by molar-refractivity contribution is 6.25. The second-order valence-electron chi connectivity index (χ2n) is 13.2. The Bertz CT molecular complexity index is 1480. The molecule has 4 heterocycles. The highest BCUT2D eigenvalue weighted by atomic mass is 16.2. The molecule has 9 heteroatoms. The molecule has 1 unspecified atom stereocenters. The fraction of sp³-hybridized carbons (Fsp3) is 0.528. The van der Waals surface area contributed by atoms with Crippen molar-refractivity contribution in [3.8, 4) is 11.1 Å². The van der Waals surface area contributed by atoms with E-state index in [1.54, 1.807) is 12.1 Å². The molecule has 0 radical (unpaired) electrons. The van der Waals surface area contributed by atoms with Gasteiger partial charge in [0.05, 0.1) is 11.1 Å². The number of benzene rings is 2. The molecule has 2 aromatic carbocycles. The van der Waals surface area contributed by atoms with Crippen LogP contribution in [0.2, 0.25) is 0 Å². The monoisotopic (exact) mass is 612 g/mol. The molecular weight excluding hydrogens is 568 g/mol. The number of nitrogens with zero attached hydrogens (tertiary/aromatic N) is 3. The molecule has 0 spiro atoms. The molecule has 45 heavy (non-hydrogen) atoms. The summed E-state index contributed by atoms with van der Waals surface area (Å²) in [6.45, 7) is 8.90. The van der Waals surface area contributed by atoms with Crippen LogP contribution in [0.4, 0.5) is 0 Å². The van der Waals surface area contributed by atoms with Crippen molar-refractivity contribution in [3.05, 3.63) is 59.2 Å². The van der Waals surface area contributed by atoms with Crippen molar-refractivity contribution in [2.75, 3.05) is 26.2 Å². The number of nitrogens with one attached hydrogen (secondary N) is 1. The first-order valence-corrected chi connectivity index (χ1v) is 16.7. The molecule has 1 N–H and O–H groups in total. The van der Waals surface area contributed by atoms with Gasteiger partial charge in [0.1, 0.15) is 6.04 Å². The standard InChI is InChI=1S/C36H44N4O5/c1-3-24(4-2)34(43)39-19-15-26(16-20-39)25-13-17-38(18-14-25)22-23-7-5-8-27(21-23)28-9-6-10-29-32(28)36(45)40(35(29)44)30-11-12-31(41)37-33(30)42/h5-10,21,24-26,30H,3-4,11-20,22H2,1-2H3,(H,37,41,42). The Balaban J connectivity index is 1.08. The molecule has 4 aliphatic rings. The predicted octanol–water partition coefficient (Wildman–Crippen LogP) is 4.64. The molecule has 238 valence electrons. The fourth-order valence-corrected chi connectivity index (χ4v) is 7.92. The van der Waals surface area contributed by atoms with Gasteiger partial charge in [0.2, 0.25) is 17.7 Å². The summed E-state index contributed by atoms with van der Waals surface area (Å²) >= 11 is 0. The molecule has 6 rings (SSSR count). The zero-order valence-corrected chi connectivity index (χ0v) is 26.4. The van der Waals surface area contributed by atoms with Crippen molar-refractivity contribution < 1.29 is 24.0 Å². The van der Waals surface area contributed by atoms with Gasteiger partial charge in [-0.25, -0.2) is 0 Å². The average Bonchev–Trinajstić information content (AvgIpc) is 3.31. The Morgan fingerprint density at radius 2 is 1.47 bits per heavy atom. The van der Waals surface area contributed by atoms with E-state index in [0.29, 0.717) is 34.4 Å². The van der Waals surface area contributed by atoms with Crippen molar-refractivity contribution in [3.63, 3.8) is 0 Å². The lowest BCUT2D eigenvalue weighted by Crippen LogP contribution is -2.54. The van der Waals surface area contributed by atoms with Gasteiger partial charge in [-0.2, -0.15) is 0 Å². The number of piperidine rings is 3. The van der Waals surface area contributed by atoms with E-state index in [2.05, 4.69) is 41.1 Å². The SMILES string of the molecule is CCC(CC)C(=O)N1CCC(C2CCN(Cc3cccc(-c4cccc5c4C(=O)N(C4CCC(=O)NC4=O)C5=O)c3)CC2)CC1. The van der Waals surface area contributed by atoms with Crippen LogP contribution in [0.25, 0.3) is 11.1 Å². The third-order valence-corrected chi connectivity index (χ3v) is 10.6. The van der Waals surface area contributed by atoms with Crippen LogP contribution in [0.15, 0.2) is 42.5 Å². The molecular formula is C36H44N4O5. The number of carbonyl (C=O) groups excluding carboxylic acids is 5. The Labute approximate surface area is 265 Å². The molecule has 1 atom stereocenters. The largest absolute Gasteiger partial charge is 0.342 e.